The minimum absolute atomic E-state index is 0.0235. The van der Waals surface area contributed by atoms with Crippen molar-refractivity contribution < 1.29 is 13.2 Å². The van der Waals surface area contributed by atoms with E-state index in [1.807, 2.05) is 39.4 Å². The molecule has 2 aromatic heterocycles. The largest absolute Gasteiger partial charge is 0.435 e. The maximum atomic E-state index is 13.1. The third kappa shape index (κ3) is 5.26. The summed E-state index contributed by atoms with van der Waals surface area (Å²) in [4.78, 5) is 4.32. The Balaban J connectivity index is 2.12. The summed E-state index contributed by atoms with van der Waals surface area (Å²) in [5.41, 5.74) is 2.37. The van der Waals surface area contributed by atoms with Crippen LogP contribution in [0.2, 0.25) is 0 Å². The van der Waals surface area contributed by atoms with Crippen molar-refractivity contribution in [2.24, 2.45) is 19.1 Å². The quantitative estimate of drug-likeness (QED) is 0.578. The fraction of sp³-hybridized carbons (Fsp3) is 0.611. The number of halogens is 3. The van der Waals surface area contributed by atoms with Gasteiger partial charge in [0.2, 0.25) is 0 Å². The molecule has 156 valence electrons. The molecule has 0 amide bonds. The topological polar surface area (TPSA) is 72.1 Å². The standard InChI is InChI=1S/C18H28F3N7/c1-7-22-17(23-9-14-10-27(5)26-16(14)18(19,20)21)24-11(2)8-15-12(3)25-28(6)13(15)4/h10-11H,7-9H2,1-6H3,(H2,22,23,24). The van der Waals surface area contributed by atoms with Crippen LogP contribution < -0.4 is 10.6 Å². The number of aromatic nitrogens is 4. The average molecular weight is 399 g/mol. The second-order valence-corrected chi connectivity index (χ2v) is 6.89. The first-order chi connectivity index (χ1) is 13.0. The maximum absolute atomic E-state index is 13.1. The first-order valence-corrected chi connectivity index (χ1v) is 9.16. The van der Waals surface area contributed by atoms with Crippen LogP contribution in [0.25, 0.3) is 0 Å². The highest BCUT2D eigenvalue weighted by atomic mass is 19.4. The van der Waals surface area contributed by atoms with E-state index in [1.165, 1.54) is 13.2 Å². The van der Waals surface area contributed by atoms with Crippen molar-refractivity contribution in [3.8, 4) is 0 Å². The van der Waals surface area contributed by atoms with Crippen LogP contribution in [0.5, 0.6) is 0 Å². The highest BCUT2D eigenvalue weighted by Crippen LogP contribution is 2.30. The number of nitrogens with one attached hydrogen (secondary N) is 2. The Morgan fingerprint density at radius 3 is 2.46 bits per heavy atom. The van der Waals surface area contributed by atoms with Crippen molar-refractivity contribution in [2.45, 2.75) is 52.9 Å². The monoisotopic (exact) mass is 399 g/mol. The molecule has 0 aliphatic rings. The molecule has 0 spiro atoms. The zero-order valence-corrected chi connectivity index (χ0v) is 17.1. The molecule has 0 aromatic carbocycles. The van der Waals surface area contributed by atoms with Crippen molar-refractivity contribution in [3.05, 3.63) is 34.4 Å². The van der Waals surface area contributed by atoms with E-state index in [1.54, 1.807) is 0 Å². The molecule has 2 N–H and O–H groups in total. The van der Waals surface area contributed by atoms with Gasteiger partial charge in [-0.25, -0.2) is 4.99 Å². The van der Waals surface area contributed by atoms with Crippen LogP contribution in [-0.4, -0.2) is 38.1 Å². The smallest absolute Gasteiger partial charge is 0.357 e. The van der Waals surface area contributed by atoms with Gasteiger partial charge in [0.25, 0.3) is 0 Å². The summed E-state index contributed by atoms with van der Waals surface area (Å²) >= 11 is 0. The first kappa shape index (κ1) is 21.8. The first-order valence-electron chi connectivity index (χ1n) is 9.16. The molecule has 0 bridgehead atoms. The molecule has 1 atom stereocenters. The van der Waals surface area contributed by atoms with Gasteiger partial charge in [-0.3, -0.25) is 9.36 Å². The summed E-state index contributed by atoms with van der Waals surface area (Å²) in [5.74, 6) is 0.464. The molecular formula is C18H28F3N7. The number of aryl methyl sites for hydroxylation is 3. The normalized spacial score (nSPS) is 13.7. The molecule has 1 unspecified atom stereocenters. The van der Waals surface area contributed by atoms with Gasteiger partial charge in [-0.2, -0.15) is 23.4 Å². The molecule has 10 heteroatoms. The van der Waals surface area contributed by atoms with Gasteiger partial charge in [0, 0.05) is 44.1 Å². The van der Waals surface area contributed by atoms with Gasteiger partial charge < -0.3 is 10.6 Å². The summed E-state index contributed by atoms with van der Waals surface area (Å²) in [6.07, 6.45) is -2.42. The minimum atomic E-state index is -4.50. The second kappa shape index (κ2) is 8.66. The van der Waals surface area contributed by atoms with E-state index in [2.05, 4.69) is 25.8 Å². The van der Waals surface area contributed by atoms with E-state index < -0.39 is 11.9 Å². The van der Waals surface area contributed by atoms with Gasteiger partial charge in [-0.05, 0) is 39.7 Å². The number of rotatable bonds is 6. The van der Waals surface area contributed by atoms with E-state index >= 15 is 0 Å². The molecular weight excluding hydrogens is 371 g/mol. The summed E-state index contributed by atoms with van der Waals surface area (Å²) in [5, 5.41) is 14.3. The number of aliphatic imine (C=N–C) groups is 1. The molecule has 0 saturated carbocycles. The molecule has 2 rings (SSSR count). The summed E-state index contributed by atoms with van der Waals surface area (Å²) in [7, 11) is 3.37. The van der Waals surface area contributed by atoms with Crippen molar-refractivity contribution in [3.63, 3.8) is 0 Å². The van der Waals surface area contributed by atoms with Crippen molar-refractivity contribution in [1.82, 2.24) is 30.2 Å². The molecule has 2 heterocycles. The van der Waals surface area contributed by atoms with Gasteiger partial charge >= 0.3 is 6.18 Å². The average Bonchev–Trinajstić information content (AvgIpc) is 3.07. The van der Waals surface area contributed by atoms with Crippen LogP contribution in [0, 0.1) is 13.8 Å². The lowest BCUT2D eigenvalue weighted by molar-refractivity contribution is -0.142. The van der Waals surface area contributed by atoms with Crippen LogP contribution in [0.15, 0.2) is 11.2 Å². The van der Waals surface area contributed by atoms with Crippen molar-refractivity contribution in [2.75, 3.05) is 6.54 Å². The highest BCUT2D eigenvalue weighted by Gasteiger charge is 2.36. The zero-order chi connectivity index (χ0) is 21.1. The molecule has 0 aliphatic heterocycles. The Labute approximate surface area is 163 Å². The summed E-state index contributed by atoms with van der Waals surface area (Å²) in [6, 6.07) is 0.0235. The fourth-order valence-electron chi connectivity index (χ4n) is 3.08. The van der Waals surface area contributed by atoms with Crippen LogP contribution >= 0.6 is 0 Å². The van der Waals surface area contributed by atoms with Crippen LogP contribution in [0.4, 0.5) is 13.2 Å². The van der Waals surface area contributed by atoms with Crippen LogP contribution in [0.3, 0.4) is 0 Å². The predicted octanol–water partition coefficient (Wildman–Crippen LogP) is 2.48. The summed E-state index contributed by atoms with van der Waals surface area (Å²) in [6.45, 7) is 8.38. The predicted molar refractivity (Wildman–Crippen MR) is 102 cm³/mol. The summed E-state index contributed by atoms with van der Waals surface area (Å²) < 4.78 is 42.3. The molecule has 0 aliphatic carbocycles. The number of guanidine groups is 1. The Hall–Kier alpha value is -2.52. The highest BCUT2D eigenvalue weighted by molar-refractivity contribution is 5.80. The van der Waals surface area contributed by atoms with E-state index in [0.29, 0.717) is 12.5 Å². The van der Waals surface area contributed by atoms with Crippen molar-refractivity contribution >= 4 is 5.96 Å². The van der Waals surface area contributed by atoms with E-state index in [0.717, 1.165) is 28.1 Å². The third-order valence-corrected chi connectivity index (χ3v) is 4.48. The van der Waals surface area contributed by atoms with E-state index in [9.17, 15) is 13.2 Å². The van der Waals surface area contributed by atoms with Crippen LogP contribution in [-0.2, 0) is 33.2 Å². The fourth-order valence-corrected chi connectivity index (χ4v) is 3.08. The van der Waals surface area contributed by atoms with Gasteiger partial charge in [-0.1, -0.05) is 0 Å². The van der Waals surface area contributed by atoms with Gasteiger partial charge in [0.1, 0.15) is 0 Å². The van der Waals surface area contributed by atoms with Gasteiger partial charge in [0.15, 0.2) is 11.7 Å². The van der Waals surface area contributed by atoms with Crippen LogP contribution in [0.1, 0.15) is 42.1 Å². The minimum Gasteiger partial charge on any atom is -0.357 e. The maximum Gasteiger partial charge on any atom is 0.435 e. The van der Waals surface area contributed by atoms with Crippen molar-refractivity contribution in [1.29, 1.82) is 0 Å². The molecule has 0 fully saturated rings. The molecule has 0 saturated heterocycles. The van der Waals surface area contributed by atoms with E-state index in [-0.39, 0.29) is 18.2 Å². The number of nitrogens with zero attached hydrogens (tertiary/aromatic N) is 5. The Bertz CT molecular complexity index is 833. The van der Waals surface area contributed by atoms with Gasteiger partial charge in [0.05, 0.1) is 12.2 Å². The Morgan fingerprint density at radius 2 is 1.93 bits per heavy atom. The SMILES string of the molecule is CCNC(=NCc1cn(C)nc1C(F)(F)F)NC(C)Cc1c(C)nn(C)c1C. The third-order valence-electron chi connectivity index (χ3n) is 4.48. The molecule has 28 heavy (non-hydrogen) atoms. The lowest BCUT2D eigenvalue weighted by Crippen LogP contribution is -2.43. The molecule has 0 radical (unpaired) electrons. The lowest BCUT2D eigenvalue weighted by Gasteiger charge is -2.18. The molecule has 7 nitrogen and oxygen atoms in total. The number of hydrogen-bond donors (Lipinski definition) is 2. The lowest BCUT2D eigenvalue weighted by atomic mass is 10.1. The van der Waals surface area contributed by atoms with Gasteiger partial charge in [-0.15, -0.1) is 0 Å². The molecule has 2 aromatic rings. The number of hydrogen-bond acceptors (Lipinski definition) is 3. The second-order valence-electron chi connectivity index (χ2n) is 6.89. The number of alkyl halides is 3. The Kier molecular flexibility index (Phi) is 6.73. The Morgan fingerprint density at radius 1 is 1.25 bits per heavy atom. The zero-order valence-electron chi connectivity index (χ0n) is 17.1. The van der Waals surface area contributed by atoms with E-state index in [4.69, 9.17) is 0 Å².